The molecule has 0 atom stereocenters. The third kappa shape index (κ3) is 5.59. The highest BCUT2D eigenvalue weighted by atomic mass is 16.5. The van der Waals surface area contributed by atoms with E-state index < -0.39 is 0 Å². The van der Waals surface area contributed by atoms with E-state index in [1.807, 2.05) is 48.5 Å². The van der Waals surface area contributed by atoms with Gasteiger partial charge in [-0.1, -0.05) is 18.2 Å². The lowest BCUT2D eigenvalue weighted by molar-refractivity contribution is 0.0955. The van der Waals surface area contributed by atoms with Gasteiger partial charge in [0, 0.05) is 11.1 Å². The molecule has 0 fully saturated rings. The molecule has 6 nitrogen and oxygen atoms in total. The summed E-state index contributed by atoms with van der Waals surface area (Å²) in [7, 11) is 3.23. The molecule has 3 rings (SSSR count). The Morgan fingerprint density at radius 3 is 2.34 bits per heavy atom. The lowest BCUT2D eigenvalue weighted by Crippen LogP contribution is -2.17. The number of carbonyl (C=O) groups excluding carboxylic acids is 1. The first kappa shape index (κ1) is 19.9. The number of nitrogens with zero attached hydrogens (tertiary/aromatic N) is 1. The summed E-state index contributed by atoms with van der Waals surface area (Å²) in [6.45, 7) is 0.327. The minimum Gasteiger partial charge on any atom is -0.497 e. The Balaban J connectivity index is 1.65. The molecule has 0 heterocycles. The van der Waals surface area contributed by atoms with Crippen molar-refractivity contribution in [3.05, 3.63) is 89.5 Å². The van der Waals surface area contributed by atoms with E-state index >= 15 is 0 Å². The molecule has 0 saturated heterocycles. The van der Waals surface area contributed by atoms with Crippen molar-refractivity contribution in [2.24, 2.45) is 5.10 Å². The molecule has 0 bridgehead atoms. The van der Waals surface area contributed by atoms with E-state index in [1.54, 1.807) is 44.7 Å². The Kier molecular flexibility index (Phi) is 6.84. The molecule has 3 aromatic carbocycles. The molecule has 0 aliphatic heterocycles. The number of rotatable bonds is 8. The van der Waals surface area contributed by atoms with Gasteiger partial charge < -0.3 is 14.2 Å². The molecule has 0 saturated carbocycles. The second-order valence-electron chi connectivity index (χ2n) is 6.10. The van der Waals surface area contributed by atoms with E-state index in [1.165, 1.54) is 0 Å². The van der Waals surface area contributed by atoms with Gasteiger partial charge in [-0.05, 0) is 60.2 Å². The van der Waals surface area contributed by atoms with Crippen LogP contribution < -0.4 is 19.6 Å². The fraction of sp³-hybridized carbons (Fsp3) is 0.130. The van der Waals surface area contributed by atoms with Gasteiger partial charge in [-0.15, -0.1) is 0 Å². The molecule has 0 aliphatic carbocycles. The number of hydrazone groups is 1. The molecule has 29 heavy (non-hydrogen) atoms. The van der Waals surface area contributed by atoms with E-state index in [0.717, 1.165) is 22.6 Å². The normalized spacial score (nSPS) is 10.6. The Labute approximate surface area is 169 Å². The average molecular weight is 390 g/mol. The van der Waals surface area contributed by atoms with Crippen molar-refractivity contribution in [3.8, 4) is 17.2 Å². The second-order valence-corrected chi connectivity index (χ2v) is 6.10. The van der Waals surface area contributed by atoms with Crippen LogP contribution in [-0.2, 0) is 6.61 Å². The molecule has 0 aromatic heterocycles. The lowest BCUT2D eigenvalue weighted by Gasteiger charge is -2.11. The molecule has 6 heteroatoms. The molecule has 0 radical (unpaired) electrons. The van der Waals surface area contributed by atoms with Crippen LogP contribution in [0.25, 0.3) is 0 Å². The predicted molar refractivity (Wildman–Crippen MR) is 112 cm³/mol. The Hall–Kier alpha value is -3.80. The molecule has 1 N–H and O–H groups in total. The van der Waals surface area contributed by atoms with Crippen LogP contribution in [-0.4, -0.2) is 26.3 Å². The number of ether oxygens (including phenoxy) is 3. The zero-order valence-electron chi connectivity index (χ0n) is 16.3. The number of methoxy groups -OCH3 is 2. The van der Waals surface area contributed by atoms with Crippen LogP contribution in [0.15, 0.2) is 77.9 Å². The third-order valence-corrected chi connectivity index (χ3v) is 4.17. The minimum absolute atomic E-state index is 0.265. The summed E-state index contributed by atoms with van der Waals surface area (Å²) in [5, 5.41) is 4.03. The SMILES string of the molecule is COc1ccc(OCc2cc(C=NNC(=O)c3ccccc3)ccc2OC)cc1. The van der Waals surface area contributed by atoms with Crippen LogP contribution in [0.2, 0.25) is 0 Å². The second kappa shape index (κ2) is 9.94. The molecular weight excluding hydrogens is 368 g/mol. The van der Waals surface area contributed by atoms with Crippen molar-refractivity contribution in [2.75, 3.05) is 14.2 Å². The van der Waals surface area contributed by atoms with Crippen LogP contribution in [0.1, 0.15) is 21.5 Å². The first-order valence-corrected chi connectivity index (χ1v) is 9.02. The molecule has 0 unspecified atom stereocenters. The first-order chi connectivity index (χ1) is 14.2. The summed E-state index contributed by atoms with van der Waals surface area (Å²) in [6.07, 6.45) is 1.58. The van der Waals surface area contributed by atoms with Crippen LogP contribution in [0.5, 0.6) is 17.2 Å². The summed E-state index contributed by atoms with van der Waals surface area (Å²) in [5.41, 5.74) is 4.74. The molecule has 3 aromatic rings. The number of carbonyl (C=O) groups is 1. The number of amides is 1. The maximum Gasteiger partial charge on any atom is 0.271 e. The Morgan fingerprint density at radius 1 is 0.931 bits per heavy atom. The maximum atomic E-state index is 12.0. The van der Waals surface area contributed by atoms with Gasteiger partial charge in [0.15, 0.2) is 0 Å². The van der Waals surface area contributed by atoms with Gasteiger partial charge in [-0.3, -0.25) is 4.79 Å². The lowest BCUT2D eigenvalue weighted by atomic mass is 10.1. The highest BCUT2D eigenvalue weighted by Gasteiger charge is 2.06. The average Bonchev–Trinajstić information content (AvgIpc) is 2.78. The highest BCUT2D eigenvalue weighted by molar-refractivity contribution is 5.94. The maximum absolute atomic E-state index is 12.0. The Bertz CT molecular complexity index is 970. The number of nitrogens with one attached hydrogen (secondary N) is 1. The largest absolute Gasteiger partial charge is 0.497 e. The summed E-state index contributed by atoms with van der Waals surface area (Å²) in [5.74, 6) is 1.94. The zero-order valence-corrected chi connectivity index (χ0v) is 16.3. The van der Waals surface area contributed by atoms with Crippen LogP contribution in [0, 0.1) is 0 Å². The van der Waals surface area contributed by atoms with Crippen LogP contribution in [0.3, 0.4) is 0 Å². The molecule has 0 aliphatic rings. The van der Waals surface area contributed by atoms with Crippen molar-refractivity contribution >= 4 is 12.1 Å². The fourth-order valence-corrected chi connectivity index (χ4v) is 2.64. The number of benzene rings is 3. The van der Waals surface area contributed by atoms with Gasteiger partial charge in [0.2, 0.25) is 0 Å². The predicted octanol–water partition coefficient (Wildman–Crippen LogP) is 4.05. The van der Waals surface area contributed by atoms with Gasteiger partial charge in [-0.25, -0.2) is 5.43 Å². The number of hydrogen-bond donors (Lipinski definition) is 1. The summed E-state index contributed by atoms with van der Waals surface area (Å²) >= 11 is 0. The molecule has 0 spiro atoms. The van der Waals surface area contributed by atoms with Crippen molar-refractivity contribution in [1.29, 1.82) is 0 Å². The van der Waals surface area contributed by atoms with Crippen molar-refractivity contribution in [1.82, 2.24) is 5.43 Å². The van der Waals surface area contributed by atoms with Gasteiger partial charge in [0.25, 0.3) is 5.91 Å². The van der Waals surface area contributed by atoms with E-state index in [2.05, 4.69) is 10.5 Å². The third-order valence-electron chi connectivity index (χ3n) is 4.17. The van der Waals surface area contributed by atoms with Gasteiger partial charge in [0.1, 0.15) is 23.9 Å². The monoisotopic (exact) mass is 390 g/mol. The number of hydrogen-bond acceptors (Lipinski definition) is 5. The first-order valence-electron chi connectivity index (χ1n) is 9.02. The van der Waals surface area contributed by atoms with E-state index in [9.17, 15) is 4.79 Å². The van der Waals surface area contributed by atoms with Gasteiger partial charge in [-0.2, -0.15) is 5.10 Å². The van der Waals surface area contributed by atoms with Crippen LogP contribution in [0.4, 0.5) is 0 Å². The van der Waals surface area contributed by atoms with Crippen LogP contribution >= 0.6 is 0 Å². The smallest absolute Gasteiger partial charge is 0.271 e. The Morgan fingerprint density at radius 2 is 1.66 bits per heavy atom. The summed E-state index contributed by atoms with van der Waals surface area (Å²) in [6, 6.07) is 21.9. The van der Waals surface area contributed by atoms with Crippen molar-refractivity contribution in [2.45, 2.75) is 6.61 Å². The fourth-order valence-electron chi connectivity index (χ4n) is 2.64. The van der Waals surface area contributed by atoms with E-state index in [4.69, 9.17) is 14.2 Å². The van der Waals surface area contributed by atoms with E-state index in [0.29, 0.717) is 17.9 Å². The topological polar surface area (TPSA) is 69.2 Å². The molecule has 1 amide bonds. The summed E-state index contributed by atoms with van der Waals surface area (Å²) in [4.78, 5) is 12.0. The van der Waals surface area contributed by atoms with Crippen molar-refractivity contribution in [3.63, 3.8) is 0 Å². The zero-order chi connectivity index (χ0) is 20.5. The van der Waals surface area contributed by atoms with Crippen molar-refractivity contribution < 1.29 is 19.0 Å². The van der Waals surface area contributed by atoms with Gasteiger partial charge in [0.05, 0.1) is 20.4 Å². The highest BCUT2D eigenvalue weighted by Crippen LogP contribution is 2.23. The minimum atomic E-state index is -0.265. The van der Waals surface area contributed by atoms with Gasteiger partial charge >= 0.3 is 0 Å². The van der Waals surface area contributed by atoms with E-state index in [-0.39, 0.29) is 5.91 Å². The standard InChI is InChI=1S/C23H22N2O4/c1-27-20-9-11-21(12-10-20)29-16-19-14-17(8-13-22(19)28-2)15-24-25-23(26)18-6-4-3-5-7-18/h3-15H,16H2,1-2H3,(H,25,26). The summed E-state index contributed by atoms with van der Waals surface area (Å²) < 4.78 is 16.4. The molecule has 148 valence electrons. The quantitative estimate of drug-likeness (QED) is 0.465. The molecular formula is C23H22N2O4.